The number of benzene rings is 2. The van der Waals surface area contributed by atoms with Crippen LogP contribution in [0, 0.1) is 6.92 Å². The van der Waals surface area contributed by atoms with E-state index in [4.69, 9.17) is 4.42 Å². The predicted octanol–water partition coefficient (Wildman–Crippen LogP) is 4.02. The molecule has 0 aliphatic carbocycles. The highest BCUT2D eigenvalue weighted by atomic mass is 16.4. The lowest BCUT2D eigenvalue weighted by atomic mass is 9.95. The van der Waals surface area contributed by atoms with Gasteiger partial charge in [0.05, 0.1) is 17.7 Å². The van der Waals surface area contributed by atoms with E-state index in [1.165, 1.54) is 11.0 Å². The van der Waals surface area contributed by atoms with E-state index in [0.717, 1.165) is 16.5 Å². The Morgan fingerprint density at radius 3 is 2.19 bits per heavy atom. The number of hydrogen-bond acceptors (Lipinski definition) is 4. The molecule has 5 nitrogen and oxygen atoms in total. The number of carbonyl (C=O) groups excluding carboxylic acids is 2. The fraction of sp³-hybridized carbons (Fsp3) is 0.227. The van der Waals surface area contributed by atoms with Crippen molar-refractivity contribution < 1.29 is 14.0 Å². The fourth-order valence-corrected chi connectivity index (χ4v) is 3.70. The molecule has 0 spiro atoms. The zero-order valence-electron chi connectivity index (χ0n) is 15.4. The van der Waals surface area contributed by atoms with Crippen molar-refractivity contribution in [3.05, 3.63) is 80.7 Å². The molecule has 5 heteroatoms. The minimum absolute atomic E-state index is 0.0367. The average molecular weight is 361 g/mol. The number of amides is 2. The molecule has 0 saturated carbocycles. The van der Waals surface area contributed by atoms with E-state index in [1.54, 1.807) is 24.3 Å². The summed E-state index contributed by atoms with van der Waals surface area (Å²) < 4.78 is 5.35. The second-order valence-corrected chi connectivity index (χ2v) is 7.19. The molecule has 2 heterocycles. The summed E-state index contributed by atoms with van der Waals surface area (Å²) >= 11 is 0. The molecule has 1 aliphatic heterocycles. The molecule has 0 radical (unpaired) electrons. The Labute approximate surface area is 156 Å². The summed E-state index contributed by atoms with van der Waals surface area (Å²) in [5.41, 5.74) is 3.56. The van der Waals surface area contributed by atoms with Gasteiger partial charge in [-0.15, -0.1) is 0 Å². The molecule has 1 aliphatic rings. The van der Waals surface area contributed by atoms with Gasteiger partial charge in [-0.25, -0.2) is 4.79 Å². The quantitative estimate of drug-likeness (QED) is 0.522. The number of rotatable bonds is 3. The summed E-state index contributed by atoms with van der Waals surface area (Å²) in [6.07, 6.45) is 0. The molecular formula is C22H19NO4. The molecule has 2 aromatic carbocycles. The summed E-state index contributed by atoms with van der Waals surface area (Å²) in [7, 11) is 0. The van der Waals surface area contributed by atoms with Crippen molar-refractivity contribution in [1.82, 2.24) is 4.90 Å². The molecule has 0 N–H and O–H groups in total. The standard InChI is InChI=1S/C22H19NO4/c1-12(2)17-10-18-14(9-20(24)27-19(18)8-13(17)3)11-23-21(25)15-6-4-5-7-16(15)22(23)26/h4-10,12H,11H2,1-3H3. The third kappa shape index (κ3) is 2.76. The molecule has 1 aromatic heterocycles. The van der Waals surface area contributed by atoms with Crippen LogP contribution in [0.5, 0.6) is 0 Å². The highest BCUT2D eigenvalue weighted by Crippen LogP contribution is 2.29. The van der Waals surface area contributed by atoms with Crippen molar-refractivity contribution in [2.75, 3.05) is 0 Å². The molecule has 2 amide bonds. The lowest BCUT2D eigenvalue weighted by molar-refractivity contribution is 0.0642. The topological polar surface area (TPSA) is 67.6 Å². The van der Waals surface area contributed by atoms with Gasteiger partial charge in [-0.2, -0.15) is 0 Å². The van der Waals surface area contributed by atoms with E-state index in [2.05, 4.69) is 13.8 Å². The van der Waals surface area contributed by atoms with E-state index in [1.807, 2.05) is 19.1 Å². The SMILES string of the molecule is Cc1cc2oc(=O)cc(CN3C(=O)c4ccccc4C3=O)c2cc1C(C)C. The molecule has 0 unspecified atom stereocenters. The van der Waals surface area contributed by atoms with Crippen molar-refractivity contribution in [2.45, 2.75) is 33.2 Å². The van der Waals surface area contributed by atoms with Gasteiger partial charge in [0, 0.05) is 11.5 Å². The number of carbonyl (C=O) groups is 2. The lowest BCUT2D eigenvalue weighted by Crippen LogP contribution is -2.29. The Balaban J connectivity index is 1.83. The van der Waals surface area contributed by atoms with Gasteiger partial charge in [0.2, 0.25) is 0 Å². The van der Waals surface area contributed by atoms with Crippen molar-refractivity contribution >= 4 is 22.8 Å². The minimum atomic E-state index is -0.495. The van der Waals surface area contributed by atoms with Gasteiger partial charge in [0.25, 0.3) is 11.8 Å². The van der Waals surface area contributed by atoms with Gasteiger partial charge in [-0.3, -0.25) is 14.5 Å². The summed E-state index contributed by atoms with van der Waals surface area (Å²) in [6.45, 7) is 6.20. The van der Waals surface area contributed by atoms with E-state index in [0.29, 0.717) is 28.2 Å². The Bertz CT molecular complexity index is 1120. The molecule has 0 atom stereocenters. The number of hydrogen-bond donors (Lipinski definition) is 0. The van der Waals surface area contributed by atoms with E-state index < -0.39 is 5.63 Å². The van der Waals surface area contributed by atoms with Crippen LogP contribution < -0.4 is 5.63 Å². The van der Waals surface area contributed by atoms with E-state index in [-0.39, 0.29) is 18.4 Å². The normalized spacial score (nSPS) is 13.7. The molecule has 136 valence electrons. The average Bonchev–Trinajstić information content (AvgIpc) is 2.86. The van der Waals surface area contributed by atoms with Crippen LogP contribution >= 0.6 is 0 Å². The highest BCUT2D eigenvalue weighted by Gasteiger charge is 2.35. The van der Waals surface area contributed by atoms with Crippen LogP contribution in [0.15, 0.2) is 51.7 Å². The number of aryl methyl sites for hydroxylation is 1. The summed E-state index contributed by atoms with van der Waals surface area (Å²) in [4.78, 5) is 38.6. The third-order valence-corrected chi connectivity index (χ3v) is 5.05. The van der Waals surface area contributed by atoms with Crippen molar-refractivity contribution in [3.63, 3.8) is 0 Å². The molecule has 4 rings (SSSR count). The van der Waals surface area contributed by atoms with E-state index in [9.17, 15) is 14.4 Å². The van der Waals surface area contributed by atoms with Gasteiger partial charge < -0.3 is 4.42 Å². The van der Waals surface area contributed by atoms with Crippen molar-refractivity contribution in [1.29, 1.82) is 0 Å². The maximum atomic E-state index is 12.7. The van der Waals surface area contributed by atoms with Crippen LogP contribution in [0.3, 0.4) is 0 Å². The fourth-order valence-electron chi connectivity index (χ4n) is 3.70. The Morgan fingerprint density at radius 1 is 0.963 bits per heavy atom. The molecule has 0 fully saturated rings. The molecular weight excluding hydrogens is 342 g/mol. The first-order valence-corrected chi connectivity index (χ1v) is 8.89. The summed E-state index contributed by atoms with van der Waals surface area (Å²) in [6, 6.07) is 12.0. The van der Waals surface area contributed by atoms with Gasteiger partial charge >= 0.3 is 5.63 Å². The van der Waals surface area contributed by atoms with Crippen LogP contribution in [-0.4, -0.2) is 16.7 Å². The second-order valence-electron chi connectivity index (χ2n) is 7.19. The maximum Gasteiger partial charge on any atom is 0.336 e. The Morgan fingerprint density at radius 2 is 1.59 bits per heavy atom. The smallest absolute Gasteiger partial charge is 0.336 e. The van der Waals surface area contributed by atoms with Gasteiger partial charge in [0.1, 0.15) is 5.58 Å². The zero-order valence-corrected chi connectivity index (χ0v) is 15.4. The number of imide groups is 1. The molecule has 27 heavy (non-hydrogen) atoms. The summed E-state index contributed by atoms with van der Waals surface area (Å²) in [5, 5.41) is 0.750. The Hall–Kier alpha value is -3.21. The first kappa shape index (κ1) is 17.2. The van der Waals surface area contributed by atoms with Crippen molar-refractivity contribution in [3.8, 4) is 0 Å². The Kier molecular flexibility index (Phi) is 3.95. The van der Waals surface area contributed by atoms with Crippen LogP contribution in [-0.2, 0) is 6.54 Å². The van der Waals surface area contributed by atoms with Crippen LogP contribution in [0.1, 0.15) is 57.2 Å². The predicted molar refractivity (Wildman–Crippen MR) is 102 cm³/mol. The molecule has 0 saturated heterocycles. The van der Waals surface area contributed by atoms with Gasteiger partial charge in [0.15, 0.2) is 0 Å². The molecule has 3 aromatic rings. The first-order chi connectivity index (χ1) is 12.9. The third-order valence-electron chi connectivity index (χ3n) is 5.05. The van der Waals surface area contributed by atoms with Crippen LogP contribution in [0.4, 0.5) is 0 Å². The monoisotopic (exact) mass is 361 g/mol. The van der Waals surface area contributed by atoms with Crippen LogP contribution in [0.2, 0.25) is 0 Å². The number of fused-ring (bicyclic) bond motifs is 2. The molecule has 0 bridgehead atoms. The van der Waals surface area contributed by atoms with Gasteiger partial charge in [-0.1, -0.05) is 26.0 Å². The zero-order chi connectivity index (χ0) is 19.3. The van der Waals surface area contributed by atoms with Crippen LogP contribution in [0.25, 0.3) is 11.0 Å². The van der Waals surface area contributed by atoms with E-state index >= 15 is 0 Å². The van der Waals surface area contributed by atoms with Gasteiger partial charge in [-0.05, 0) is 53.8 Å². The second kappa shape index (κ2) is 6.20. The van der Waals surface area contributed by atoms with Crippen molar-refractivity contribution in [2.24, 2.45) is 0 Å². The number of nitrogens with zero attached hydrogens (tertiary/aromatic N) is 1. The lowest BCUT2D eigenvalue weighted by Gasteiger charge is -2.17. The first-order valence-electron chi connectivity index (χ1n) is 8.89. The highest BCUT2D eigenvalue weighted by molar-refractivity contribution is 6.21. The maximum absolute atomic E-state index is 12.7. The minimum Gasteiger partial charge on any atom is -0.423 e. The largest absolute Gasteiger partial charge is 0.423 e. The summed E-state index contributed by atoms with van der Waals surface area (Å²) in [5.74, 6) is -0.380.